The summed E-state index contributed by atoms with van der Waals surface area (Å²) in [5.41, 5.74) is 1.96. The van der Waals surface area contributed by atoms with Gasteiger partial charge in [-0.05, 0) is 37.0 Å². The second-order valence-electron chi connectivity index (χ2n) is 7.35. The zero-order chi connectivity index (χ0) is 19.6. The summed E-state index contributed by atoms with van der Waals surface area (Å²) in [6.45, 7) is 2.87. The van der Waals surface area contributed by atoms with Crippen LogP contribution < -0.4 is 4.74 Å². The molecule has 5 heteroatoms. The van der Waals surface area contributed by atoms with E-state index in [1.165, 1.54) is 32.1 Å². The Morgan fingerprint density at radius 1 is 1.04 bits per heavy atom. The summed E-state index contributed by atoms with van der Waals surface area (Å²) in [6, 6.07) is 7.44. The van der Waals surface area contributed by atoms with Gasteiger partial charge in [0.1, 0.15) is 11.6 Å². The number of aromatic nitrogens is 2. The van der Waals surface area contributed by atoms with Gasteiger partial charge in [0.2, 0.25) is 0 Å². The number of carbonyl (C=O) groups is 1. The second-order valence-corrected chi connectivity index (χ2v) is 7.35. The lowest BCUT2D eigenvalue weighted by atomic mass is 10.1. The van der Waals surface area contributed by atoms with Crippen LogP contribution in [0.3, 0.4) is 0 Å². The number of rotatable bonds is 10. The molecule has 0 unspecified atom stereocenters. The van der Waals surface area contributed by atoms with E-state index >= 15 is 0 Å². The van der Waals surface area contributed by atoms with Gasteiger partial charge in [0.25, 0.3) is 0 Å². The minimum absolute atomic E-state index is 0.312. The molecule has 3 rings (SSSR count). The van der Waals surface area contributed by atoms with Gasteiger partial charge < -0.3 is 9.47 Å². The largest absolute Gasteiger partial charge is 0.425 e. The van der Waals surface area contributed by atoms with Crippen molar-refractivity contribution in [3.8, 4) is 16.9 Å². The first-order valence-electron chi connectivity index (χ1n) is 10.5. The lowest BCUT2D eigenvalue weighted by Gasteiger charge is -2.10. The monoisotopic (exact) mass is 382 g/mol. The van der Waals surface area contributed by atoms with Crippen molar-refractivity contribution >= 4 is 5.97 Å². The van der Waals surface area contributed by atoms with E-state index in [0.717, 1.165) is 42.6 Å². The molecule has 1 saturated heterocycles. The van der Waals surface area contributed by atoms with Crippen LogP contribution in [0.4, 0.5) is 0 Å². The first-order valence-corrected chi connectivity index (χ1v) is 10.5. The molecule has 0 radical (unpaired) electrons. The van der Waals surface area contributed by atoms with Crippen LogP contribution in [0, 0.1) is 0 Å². The van der Waals surface area contributed by atoms with E-state index in [4.69, 9.17) is 9.47 Å². The number of unbranched alkanes of at least 4 members (excludes halogenated alkanes) is 5. The molecule has 28 heavy (non-hydrogen) atoms. The van der Waals surface area contributed by atoms with Crippen LogP contribution in [0.25, 0.3) is 11.1 Å². The molecule has 1 aromatic heterocycles. The SMILES string of the molecule is CCCCCCCCc1ncc(-c2ccc(OC(=O)[C@H]3CCCO3)cc2)cn1. The highest BCUT2D eigenvalue weighted by Gasteiger charge is 2.25. The van der Waals surface area contributed by atoms with Crippen molar-refractivity contribution < 1.29 is 14.3 Å². The van der Waals surface area contributed by atoms with Crippen LogP contribution in [0.2, 0.25) is 0 Å². The molecular weight excluding hydrogens is 352 g/mol. The van der Waals surface area contributed by atoms with Crippen molar-refractivity contribution in [1.29, 1.82) is 0 Å². The van der Waals surface area contributed by atoms with Gasteiger partial charge in [0.15, 0.2) is 6.10 Å². The molecule has 0 amide bonds. The highest BCUT2D eigenvalue weighted by atomic mass is 16.6. The number of hydrogen-bond donors (Lipinski definition) is 0. The minimum atomic E-state index is -0.424. The predicted molar refractivity (Wildman–Crippen MR) is 109 cm³/mol. The van der Waals surface area contributed by atoms with E-state index in [2.05, 4.69) is 16.9 Å². The summed E-state index contributed by atoms with van der Waals surface area (Å²) < 4.78 is 10.7. The van der Waals surface area contributed by atoms with E-state index < -0.39 is 6.10 Å². The van der Waals surface area contributed by atoms with E-state index in [1.807, 2.05) is 24.5 Å². The molecule has 2 heterocycles. The molecule has 1 fully saturated rings. The van der Waals surface area contributed by atoms with Crippen LogP contribution >= 0.6 is 0 Å². The fourth-order valence-electron chi connectivity index (χ4n) is 3.36. The summed E-state index contributed by atoms with van der Waals surface area (Å²) in [7, 11) is 0. The van der Waals surface area contributed by atoms with Crippen LogP contribution in [0.5, 0.6) is 5.75 Å². The first-order chi connectivity index (χ1) is 13.8. The molecule has 2 aromatic rings. The Morgan fingerprint density at radius 2 is 1.75 bits per heavy atom. The molecule has 1 aliphatic heterocycles. The van der Waals surface area contributed by atoms with E-state index in [0.29, 0.717) is 12.4 Å². The average Bonchev–Trinajstić information content (AvgIpc) is 3.27. The molecule has 1 aromatic carbocycles. The van der Waals surface area contributed by atoms with Gasteiger partial charge in [-0.1, -0.05) is 51.2 Å². The molecule has 5 nitrogen and oxygen atoms in total. The summed E-state index contributed by atoms with van der Waals surface area (Å²) in [5.74, 6) is 1.12. The lowest BCUT2D eigenvalue weighted by molar-refractivity contribution is -0.144. The smallest absolute Gasteiger partial charge is 0.340 e. The Balaban J connectivity index is 1.47. The van der Waals surface area contributed by atoms with Crippen molar-refractivity contribution in [2.75, 3.05) is 6.61 Å². The first kappa shape index (κ1) is 20.5. The Hall–Kier alpha value is -2.27. The van der Waals surface area contributed by atoms with Crippen molar-refractivity contribution in [3.63, 3.8) is 0 Å². The fraction of sp³-hybridized carbons (Fsp3) is 0.522. The molecule has 150 valence electrons. The summed E-state index contributed by atoms with van der Waals surface area (Å²) in [4.78, 5) is 21.0. The highest BCUT2D eigenvalue weighted by Crippen LogP contribution is 2.23. The van der Waals surface area contributed by atoms with Crippen LogP contribution in [-0.4, -0.2) is 28.6 Å². The van der Waals surface area contributed by atoms with Gasteiger partial charge in [-0.3, -0.25) is 0 Å². The molecule has 0 saturated carbocycles. The number of esters is 1. The van der Waals surface area contributed by atoms with Crippen molar-refractivity contribution in [3.05, 3.63) is 42.5 Å². The van der Waals surface area contributed by atoms with E-state index in [1.54, 1.807) is 12.1 Å². The maximum atomic E-state index is 12.0. The molecule has 1 atom stereocenters. The van der Waals surface area contributed by atoms with Crippen molar-refractivity contribution in [2.24, 2.45) is 0 Å². The van der Waals surface area contributed by atoms with Gasteiger partial charge in [0, 0.05) is 31.0 Å². The molecular formula is C23H30N2O3. The average molecular weight is 383 g/mol. The summed E-state index contributed by atoms with van der Waals surface area (Å²) in [5, 5.41) is 0. The zero-order valence-corrected chi connectivity index (χ0v) is 16.7. The topological polar surface area (TPSA) is 61.3 Å². The lowest BCUT2D eigenvalue weighted by Crippen LogP contribution is -2.24. The Morgan fingerprint density at radius 3 is 2.43 bits per heavy atom. The minimum Gasteiger partial charge on any atom is -0.425 e. The number of carbonyl (C=O) groups excluding carboxylic acids is 1. The quantitative estimate of drug-likeness (QED) is 0.324. The van der Waals surface area contributed by atoms with Gasteiger partial charge in [-0.15, -0.1) is 0 Å². The second kappa shape index (κ2) is 10.9. The summed E-state index contributed by atoms with van der Waals surface area (Å²) in [6.07, 6.45) is 13.5. The Bertz CT molecular complexity index is 723. The number of nitrogens with zero attached hydrogens (tertiary/aromatic N) is 2. The van der Waals surface area contributed by atoms with Crippen LogP contribution in [-0.2, 0) is 16.0 Å². The molecule has 1 aliphatic rings. The van der Waals surface area contributed by atoms with Gasteiger partial charge >= 0.3 is 5.97 Å². The fourth-order valence-corrected chi connectivity index (χ4v) is 3.36. The molecule has 0 N–H and O–H groups in total. The zero-order valence-electron chi connectivity index (χ0n) is 16.7. The van der Waals surface area contributed by atoms with Crippen molar-refractivity contribution in [1.82, 2.24) is 9.97 Å². The predicted octanol–water partition coefficient (Wildman–Crippen LogP) is 5.13. The maximum Gasteiger partial charge on any atom is 0.340 e. The number of hydrogen-bond acceptors (Lipinski definition) is 5. The van der Waals surface area contributed by atoms with Crippen LogP contribution in [0.1, 0.15) is 64.1 Å². The third-order valence-electron chi connectivity index (χ3n) is 5.06. The van der Waals surface area contributed by atoms with E-state index in [9.17, 15) is 4.79 Å². The number of benzene rings is 1. The van der Waals surface area contributed by atoms with E-state index in [-0.39, 0.29) is 5.97 Å². The van der Waals surface area contributed by atoms with Crippen molar-refractivity contribution in [2.45, 2.75) is 70.8 Å². The number of ether oxygens (including phenoxy) is 2. The van der Waals surface area contributed by atoms with Gasteiger partial charge in [-0.2, -0.15) is 0 Å². The Labute approximate surface area is 167 Å². The van der Waals surface area contributed by atoms with Gasteiger partial charge in [-0.25, -0.2) is 14.8 Å². The third-order valence-corrected chi connectivity index (χ3v) is 5.06. The highest BCUT2D eigenvalue weighted by molar-refractivity contribution is 5.77. The third kappa shape index (κ3) is 6.13. The maximum absolute atomic E-state index is 12.0. The molecule has 0 spiro atoms. The van der Waals surface area contributed by atoms with Crippen LogP contribution in [0.15, 0.2) is 36.7 Å². The molecule has 0 aliphatic carbocycles. The Kier molecular flexibility index (Phi) is 7.97. The number of aryl methyl sites for hydroxylation is 1. The standard InChI is InChI=1S/C23H30N2O3/c1-2-3-4-5-6-7-10-22-24-16-19(17-25-22)18-11-13-20(14-12-18)28-23(26)21-9-8-15-27-21/h11-14,16-17,21H,2-10,15H2,1H3/t21-/m1/s1. The van der Waals surface area contributed by atoms with Gasteiger partial charge in [0.05, 0.1) is 0 Å². The normalized spacial score (nSPS) is 16.2. The summed E-state index contributed by atoms with van der Waals surface area (Å²) >= 11 is 0. The molecule has 0 bridgehead atoms.